The van der Waals surface area contributed by atoms with Crippen LogP contribution in [0.4, 0.5) is 0 Å². The third-order valence-corrected chi connectivity index (χ3v) is 6.04. The lowest BCUT2D eigenvalue weighted by Crippen LogP contribution is -2.40. The van der Waals surface area contributed by atoms with E-state index >= 15 is 0 Å². The first kappa shape index (κ1) is 17.1. The summed E-state index contributed by atoms with van der Waals surface area (Å²) >= 11 is 0. The maximum absolute atomic E-state index is 12.5. The van der Waals surface area contributed by atoms with Crippen LogP contribution in [0.15, 0.2) is 48.8 Å². The molecule has 4 rings (SSSR count). The van der Waals surface area contributed by atoms with Gasteiger partial charge in [-0.15, -0.1) is 0 Å². The summed E-state index contributed by atoms with van der Waals surface area (Å²) in [4.78, 5) is 16.6. The zero-order chi connectivity index (χ0) is 17.9. The summed E-state index contributed by atoms with van der Waals surface area (Å²) in [6, 6.07) is 11.5. The second-order valence-corrected chi connectivity index (χ2v) is 7.78. The van der Waals surface area contributed by atoms with E-state index in [9.17, 15) is 4.79 Å². The number of carbonyl (C=O) groups is 1. The van der Waals surface area contributed by atoms with Gasteiger partial charge in [0.25, 0.3) is 5.91 Å². The fourth-order valence-corrected chi connectivity index (χ4v) is 4.66. The number of fused-ring (bicyclic) bond motifs is 2. The highest BCUT2D eigenvalue weighted by molar-refractivity contribution is 5.94. The summed E-state index contributed by atoms with van der Waals surface area (Å²) in [7, 11) is 0. The third kappa shape index (κ3) is 3.74. The molecule has 1 N–H and O–H groups in total. The lowest BCUT2D eigenvalue weighted by molar-refractivity contribution is 0.0915. The van der Waals surface area contributed by atoms with Gasteiger partial charge in [-0.05, 0) is 74.3 Å². The minimum absolute atomic E-state index is 0.0130. The van der Waals surface area contributed by atoms with Crippen molar-refractivity contribution in [3.05, 3.63) is 59.9 Å². The highest BCUT2D eigenvalue weighted by Gasteiger charge is 2.42. The number of hydrogen-bond acceptors (Lipinski definition) is 3. The summed E-state index contributed by atoms with van der Waals surface area (Å²) in [6.07, 6.45) is 8.93. The van der Waals surface area contributed by atoms with Gasteiger partial charge in [0.2, 0.25) is 0 Å². The molecule has 2 saturated carbocycles. The van der Waals surface area contributed by atoms with Crippen LogP contribution in [0.3, 0.4) is 0 Å². The van der Waals surface area contributed by atoms with Crippen molar-refractivity contribution in [2.24, 2.45) is 17.8 Å². The molecular weight excluding hydrogens is 324 g/mol. The van der Waals surface area contributed by atoms with Gasteiger partial charge in [0, 0.05) is 29.6 Å². The van der Waals surface area contributed by atoms with Crippen molar-refractivity contribution in [3.8, 4) is 5.75 Å². The summed E-state index contributed by atoms with van der Waals surface area (Å²) in [5.41, 5.74) is 1.71. The number of aromatic nitrogens is 1. The molecule has 2 bridgehead atoms. The van der Waals surface area contributed by atoms with E-state index in [1.54, 1.807) is 12.4 Å². The van der Waals surface area contributed by atoms with Crippen molar-refractivity contribution in [1.29, 1.82) is 0 Å². The van der Waals surface area contributed by atoms with Gasteiger partial charge in [-0.2, -0.15) is 0 Å². The van der Waals surface area contributed by atoms with E-state index in [0.717, 1.165) is 23.1 Å². The smallest absolute Gasteiger partial charge is 0.251 e. The zero-order valence-corrected chi connectivity index (χ0v) is 15.2. The van der Waals surface area contributed by atoms with E-state index in [-0.39, 0.29) is 11.9 Å². The van der Waals surface area contributed by atoms with E-state index in [1.807, 2.05) is 36.4 Å². The quantitative estimate of drug-likeness (QED) is 0.849. The normalized spacial score (nSPS) is 25.0. The topological polar surface area (TPSA) is 51.2 Å². The Morgan fingerprint density at radius 1 is 1.23 bits per heavy atom. The van der Waals surface area contributed by atoms with Crippen LogP contribution in [0, 0.1) is 17.8 Å². The lowest BCUT2D eigenvalue weighted by Gasteiger charge is -2.28. The van der Waals surface area contributed by atoms with Crippen LogP contribution in [0.2, 0.25) is 0 Å². The first-order chi connectivity index (χ1) is 12.7. The number of nitrogens with one attached hydrogen (secondary N) is 1. The first-order valence-corrected chi connectivity index (χ1v) is 9.61. The van der Waals surface area contributed by atoms with Gasteiger partial charge in [-0.1, -0.05) is 12.5 Å². The molecule has 1 amide bonds. The average Bonchev–Trinajstić information content (AvgIpc) is 3.31. The van der Waals surface area contributed by atoms with Gasteiger partial charge in [0.15, 0.2) is 0 Å². The SMILES string of the molecule is C[C@H](NC(=O)c1ccc(OCc2cccnc2)cc1)[C@H]1C[C@H]2CC[C@H]1C2. The number of rotatable bonds is 6. The molecule has 4 atom stereocenters. The predicted molar refractivity (Wildman–Crippen MR) is 101 cm³/mol. The molecule has 1 aromatic heterocycles. The summed E-state index contributed by atoms with van der Waals surface area (Å²) in [6.45, 7) is 2.63. The van der Waals surface area contributed by atoms with E-state index < -0.39 is 0 Å². The Balaban J connectivity index is 1.30. The second kappa shape index (κ2) is 7.48. The van der Waals surface area contributed by atoms with E-state index in [1.165, 1.54) is 25.7 Å². The van der Waals surface area contributed by atoms with Crippen molar-refractivity contribution in [2.45, 2.75) is 45.3 Å². The van der Waals surface area contributed by atoms with Crippen LogP contribution >= 0.6 is 0 Å². The maximum Gasteiger partial charge on any atom is 0.251 e. The number of benzene rings is 1. The van der Waals surface area contributed by atoms with E-state index in [2.05, 4.69) is 17.2 Å². The Kier molecular flexibility index (Phi) is 4.91. The molecule has 0 radical (unpaired) electrons. The molecular formula is C22H26N2O2. The van der Waals surface area contributed by atoms with Crippen molar-refractivity contribution in [1.82, 2.24) is 10.3 Å². The summed E-state index contributed by atoms with van der Waals surface area (Å²) in [5, 5.41) is 3.21. The van der Waals surface area contributed by atoms with Crippen LogP contribution in [0.25, 0.3) is 0 Å². The Bertz CT molecular complexity index is 744. The molecule has 1 heterocycles. The number of pyridine rings is 1. The largest absolute Gasteiger partial charge is 0.489 e. The Morgan fingerprint density at radius 3 is 2.73 bits per heavy atom. The van der Waals surface area contributed by atoms with Crippen molar-refractivity contribution >= 4 is 5.91 Å². The van der Waals surface area contributed by atoms with E-state index in [4.69, 9.17) is 4.74 Å². The molecule has 2 aromatic rings. The minimum Gasteiger partial charge on any atom is -0.489 e. The predicted octanol–water partition coefficient (Wildman–Crippen LogP) is 4.22. The van der Waals surface area contributed by atoms with Crippen LogP contribution in [-0.2, 0) is 6.61 Å². The molecule has 136 valence electrons. The zero-order valence-electron chi connectivity index (χ0n) is 15.2. The van der Waals surface area contributed by atoms with Crippen LogP contribution < -0.4 is 10.1 Å². The molecule has 2 fully saturated rings. The van der Waals surface area contributed by atoms with Gasteiger partial charge in [0.1, 0.15) is 12.4 Å². The number of amides is 1. The number of ether oxygens (including phenoxy) is 1. The Labute approximate surface area is 155 Å². The van der Waals surface area contributed by atoms with Crippen LogP contribution in [-0.4, -0.2) is 16.9 Å². The maximum atomic E-state index is 12.5. The number of carbonyl (C=O) groups excluding carboxylic acids is 1. The molecule has 0 spiro atoms. The molecule has 2 aliphatic carbocycles. The molecule has 4 heteroatoms. The van der Waals surface area contributed by atoms with Gasteiger partial charge in [0.05, 0.1) is 0 Å². The molecule has 0 unspecified atom stereocenters. The van der Waals surface area contributed by atoms with Gasteiger partial charge < -0.3 is 10.1 Å². The van der Waals surface area contributed by atoms with E-state index in [0.29, 0.717) is 18.1 Å². The fraction of sp³-hybridized carbons (Fsp3) is 0.455. The molecule has 4 nitrogen and oxygen atoms in total. The standard InChI is InChI=1S/C22H26N2O2/c1-15(21-12-16-4-5-19(21)11-16)24-22(25)18-6-8-20(9-7-18)26-14-17-3-2-10-23-13-17/h2-3,6-10,13,15-16,19,21H,4-5,11-12,14H2,1H3,(H,24,25)/t15-,16-,19-,21+/m0/s1. The van der Waals surface area contributed by atoms with Crippen molar-refractivity contribution < 1.29 is 9.53 Å². The van der Waals surface area contributed by atoms with Crippen molar-refractivity contribution in [2.75, 3.05) is 0 Å². The van der Waals surface area contributed by atoms with Crippen LogP contribution in [0.5, 0.6) is 5.75 Å². The molecule has 0 saturated heterocycles. The van der Waals surface area contributed by atoms with Gasteiger partial charge in [-0.25, -0.2) is 0 Å². The summed E-state index contributed by atoms with van der Waals surface area (Å²) in [5.74, 6) is 3.14. The van der Waals surface area contributed by atoms with Crippen LogP contribution in [0.1, 0.15) is 48.5 Å². The van der Waals surface area contributed by atoms with Gasteiger partial charge >= 0.3 is 0 Å². The second-order valence-electron chi connectivity index (χ2n) is 7.78. The number of hydrogen-bond donors (Lipinski definition) is 1. The Morgan fingerprint density at radius 2 is 2.08 bits per heavy atom. The highest BCUT2D eigenvalue weighted by atomic mass is 16.5. The summed E-state index contributed by atoms with van der Waals surface area (Å²) < 4.78 is 5.75. The minimum atomic E-state index is 0.0130. The molecule has 2 aliphatic rings. The average molecular weight is 350 g/mol. The van der Waals surface area contributed by atoms with Gasteiger partial charge in [-0.3, -0.25) is 9.78 Å². The lowest BCUT2D eigenvalue weighted by atomic mass is 9.84. The highest BCUT2D eigenvalue weighted by Crippen LogP contribution is 2.49. The monoisotopic (exact) mass is 350 g/mol. The molecule has 26 heavy (non-hydrogen) atoms. The first-order valence-electron chi connectivity index (χ1n) is 9.61. The number of nitrogens with zero attached hydrogens (tertiary/aromatic N) is 1. The fourth-order valence-electron chi connectivity index (χ4n) is 4.66. The Hall–Kier alpha value is -2.36. The molecule has 0 aliphatic heterocycles. The van der Waals surface area contributed by atoms with Crippen molar-refractivity contribution in [3.63, 3.8) is 0 Å². The molecule has 1 aromatic carbocycles. The third-order valence-electron chi connectivity index (χ3n) is 6.04.